The van der Waals surface area contributed by atoms with Gasteiger partial charge in [0, 0.05) is 13.6 Å². The molecule has 0 unspecified atom stereocenters. The molecule has 1 saturated carbocycles. The molecule has 1 aliphatic rings. The van der Waals surface area contributed by atoms with Gasteiger partial charge in [0.15, 0.2) is 0 Å². The third-order valence-electron chi connectivity index (χ3n) is 2.90. The molecular weight excluding hydrogens is 305 g/mol. The van der Waals surface area contributed by atoms with Gasteiger partial charge < -0.3 is 9.88 Å². The van der Waals surface area contributed by atoms with Crippen LogP contribution in [0.4, 0.5) is 5.82 Å². The molecule has 82 valence electrons. The smallest absolute Gasteiger partial charge is 0.266 e. The van der Waals surface area contributed by atoms with Crippen molar-refractivity contribution < 1.29 is 0 Å². The van der Waals surface area contributed by atoms with Gasteiger partial charge >= 0.3 is 0 Å². The zero-order valence-electron chi connectivity index (χ0n) is 8.66. The van der Waals surface area contributed by atoms with E-state index in [0.717, 1.165) is 18.3 Å². The number of anilines is 1. The van der Waals surface area contributed by atoms with Crippen molar-refractivity contribution in [2.45, 2.75) is 19.3 Å². The average Bonchev–Trinajstić information content (AvgIpc) is 2.15. The van der Waals surface area contributed by atoms with Crippen LogP contribution >= 0.6 is 22.6 Å². The molecule has 1 aliphatic carbocycles. The standard InChI is InChI=1S/C10H14IN3O/c1-14(5-7-3-2-4-7)9-8(11)10(15)13-6-12-9/h6-7H,2-5H2,1H3,(H,12,13,15). The van der Waals surface area contributed by atoms with Crippen LogP contribution in [-0.2, 0) is 0 Å². The Balaban J connectivity index is 2.13. The summed E-state index contributed by atoms with van der Waals surface area (Å²) < 4.78 is 0.678. The van der Waals surface area contributed by atoms with Gasteiger partial charge in [0.05, 0.1) is 6.33 Å². The minimum atomic E-state index is -0.0546. The fourth-order valence-electron chi connectivity index (χ4n) is 1.79. The van der Waals surface area contributed by atoms with Gasteiger partial charge in [-0.15, -0.1) is 0 Å². The van der Waals surface area contributed by atoms with Crippen molar-refractivity contribution in [1.29, 1.82) is 0 Å². The first-order chi connectivity index (χ1) is 7.18. The topological polar surface area (TPSA) is 49.0 Å². The van der Waals surface area contributed by atoms with Gasteiger partial charge in [-0.2, -0.15) is 0 Å². The Hall–Kier alpha value is -0.590. The minimum absolute atomic E-state index is 0.0546. The van der Waals surface area contributed by atoms with Crippen molar-refractivity contribution in [3.05, 3.63) is 20.3 Å². The van der Waals surface area contributed by atoms with Crippen LogP contribution in [-0.4, -0.2) is 23.6 Å². The van der Waals surface area contributed by atoms with Crippen molar-refractivity contribution in [3.8, 4) is 0 Å². The summed E-state index contributed by atoms with van der Waals surface area (Å²) in [5, 5.41) is 0. The Labute approximate surface area is 102 Å². The van der Waals surface area contributed by atoms with Crippen LogP contribution in [0.2, 0.25) is 0 Å². The van der Waals surface area contributed by atoms with E-state index in [1.54, 1.807) is 0 Å². The Bertz CT molecular complexity index is 400. The molecule has 2 rings (SSSR count). The van der Waals surface area contributed by atoms with Crippen LogP contribution in [0.15, 0.2) is 11.1 Å². The van der Waals surface area contributed by atoms with Gasteiger partial charge in [0.25, 0.3) is 5.56 Å². The van der Waals surface area contributed by atoms with Gasteiger partial charge in [0.1, 0.15) is 9.39 Å². The van der Waals surface area contributed by atoms with Crippen LogP contribution in [0.25, 0.3) is 0 Å². The predicted octanol–water partition coefficient (Wildman–Crippen LogP) is 1.61. The molecular formula is C10H14IN3O. The average molecular weight is 319 g/mol. The number of H-pyrrole nitrogens is 1. The normalized spacial score (nSPS) is 16.1. The molecule has 0 saturated heterocycles. The summed E-state index contributed by atoms with van der Waals surface area (Å²) in [6, 6.07) is 0. The molecule has 15 heavy (non-hydrogen) atoms. The van der Waals surface area contributed by atoms with Crippen LogP contribution in [0.3, 0.4) is 0 Å². The highest BCUT2D eigenvalue weighted by atomic mass is 127. The fourth-order valence-corrected chi connectivity index (χ4v) is 2.50. The summed E-state index contributed by atoms with van der Waals surface area (Å²) in [4.78, 5) is 20.3. The van der Waals surface area contributed by atoms with Crippen molar-refractivity contribution >= 4 is 28.4 Å². The highest BCUT2D eigenvalue weighted by molar-refractivity contribution is 14.1. The molecule has 1 heterocycles. The molecule has 1 fully saturated rings. The summed E-state index contributed by atoms with van der Waals surface area (Å²) in [7, 11) is 2.00. The Morgan fingerprint density at radius 1 is 1.67 bits per heavy atom. The highest BCUT2D eigenvalue weighted by Crippen LogP contribution is 2.28. The van der Waals surface area contributed by atoms with Crippen LogP contribution < -0.4 is 10.5 Å². The van der Waals surface area contributed by atoms with E-state index in [4.69, 9.17) is 0 Å². The second-order valence-electron chi connectivity index (χ2n) is 4.05. The summed E-state index contributed by atoms with van der Waals surface area (Å²) in [5.74, 6) is 1.58. The first-order valence-corrected chi connectivity index (χ1v) is 6.20. The molecule has 0 atom stereocenters. The SMILES string of the molecule is CN(CC1CCC1)c1nc[nH]c(=O)c1I. The first-order valence-electron chi connectivity index (χ1n) is 5.13. The van der Waals surface area contributed by atoms with Gasteiger partial charge in [-0.25, -0.2) is 4.98 Å². The van der Waals surface area contributed by atoms with E-state index in [9.17, 15) is 4.79 Å². The Morgan fingerprint density at radius 3 is 3.00 bits per heavy atom. The van der Waals surface area contributed by atoms with Crippen LogP contribution in [0, 0.1) is 9.49 Å². The lowest BCUT2D eigenvalue weighted by Gasteiger charge is -2.30. The Morgan fingerprint density at radius 2 is 2.40 bits per heavy atom. The van der Waals surface area contributed by atoms with E-state index >= 15 is 0 Å². The van der Waals surface area contributed by atoms with E-state index < -0.39 is 0 Å². The van der Waals surface area contributed by atoms with Crippen LogP contribution in [0.5, 0.6) is 0 Å². The third-order valence-corrected chi connectivity index (χ3v) is 3.87. The fraction of sp³-hybridized carbons (Fsp3) is 0.600. The van der Waals surface area contributed by atoms with Crippen molar-refractivity contribution in [3.63, 3.8) is 0 Å². The number of hydrogen-bond acceptors (Lipinski definition) is 3. The maximum Gasteiger partial charge on any atom is 0.266 e. The molecule has 4 nitrogen and oxygen atoms in total. The lowest BCUT2D eigenvalue weighted by atomic mass is 9.85. The van der Waals surface area contributed by atoms with Crippen LogP contribution in [0.1, 0.15) is 19.3 Å². The number of rotatable bonds is 3. The van der Waals surface area contributed by atoms with Crippen molar-refractivity contribution in [2.24, 2.45) is 5.92 Å². The number of halogens is 1. The molecule has 1 aromatic heterocycles. The Kier molecular flexibility index (Phi) is 3.28. The minimum Gasteiger partial charge on any atom is -0.358 e. The van der Waals surface area contributed by atoms with E-state index in [-0.39, 0.29) is 5.56 Å². The summed E-state index contributed by atoms with van der Waals surface area (Å²) in [6.45, 7) is 1.01. The van der Waals surface area contributed by atoms with Gasteiger partial charge in [-0.1, -0.05) is 6.42 Å². The lowest BCUT2D eigenvalue weighted by molar-refractivity contribution is 0.321. The predicted molar refractivity (Wildman–Crippen MR) is 68.2 cm³/mol. The number of hydrogen-bond donors (Lipinski definition) is 1. The van der Waals surface area contributed by atoms with Gasteiger partial charge in [-0.05, 0) is 41.4 Å². The molecule has 0 spiro atoms. The molecule has 0 bridgehead atoms. The molecule has 0 aromatic carbocycles. The lowest BCUT2D eigenvalue weighted by Crippen LogP contribution is -2.31. The van der Waals surface area contributed by atoms with Gasteiger partial charge in [-0.3, -0.25) is 4.79 Å². The monoisotopic (exact) mass is 319 g/mol. The highest BCUT2D eigenvalue weighted by Gasteiger charge is 2.20. The third kappa shape index (κ3) is 2.32. The number of nitrogens with zero attached hydrogens (tertiary/aromatic N) is 2. The summed E-state index contributed by atoms with van der Waals surface area (Å²) in [6.07, 6.45) is 5.43. The summed E-state index contributed by atoms with van der Waals surface area (Å²) >= 11 is 2.05. The summed E-state index contributed by atoms with van der Waals surface area (Å²) in [5.41, 5.74) is -0.0546. The van der Waals surface area contributed by atoms with E-state index in [0.29, 0.717) is 3.57 Å². The quantitative estimate of drug-likeness (QED) is 0.861. The van der Waals surface area contributed by atoms with E-state index in [2.05, 4.69) is 14.9 Å². The van der Waals surface area contributed by atoms with E-state index in [1.807, 2.05) is 29.6 Å². The number of nitrogens with one attached hydrogen (secondary N) is 1. The van der Waals surface area contributed by atoms with Crippen molar-refractivity contribution in [2.75, 3.05) is 18.5 Å². The molecule has 5 heteroatoms. The van der Waals surface area contributed by atoms with Gasteiger partial charge in [0.2, 0.25) is 0 Å². The zero-order chi connectivity index (χ0) is 10.8. The van der Waals surface area contributed by atoms with E-state index in [1.165, 1.54) is 25.6 Å². The number of aromatic nitrogens is 2. The first kappa shape index (κ1) is 10.9. The molecule has 0 aliphatic heterocycles. The number of aromatic amines is 1. The second-order valence-corrected chi connectivity index (χ2v) is 5.13. The second kappa shape index (κ2) is 4.51. The van der Waals surface area contributed by atoms with Crippen molar-refractivity contribution in [1.82, 2.24) is 9.97 Å². The molecule has 1 aromatic rings. The largest absolute Gasteiger partial charge is 0.358 e. The molecule has 0 radical (unpaired) electrons. The molecule has 1 N–H and O–H groups in total. The zero-order valence-corrected chi connectivity index (χ0v) is 10.8. The maximum absolute atomic E-state index is 11.4. The maximum atomic E-state index is 11.4. The molecule has 0 amide bonds.